The van der Waals surface area contributed by atoms with E-state index in [1.165, 1.54) is 0 Å². The number of hydrogen-bond acceptors (Lipinski definition) is 2. The molecule has 2 saturated carbocycles. The van der Waals surface area contributed by atoms with Gasteiger partial charge in [-0.05, 0) is 25.2 Å². The van der Waals surface area contributed by atoms with Crippen LogP contribution in [0.3, 0.4) is 0 Å². The predicted molar refractivity (Wildman–Crippen MR) is 63.4 cm³/mol. The number of carbonyl (C=O) groups excluding carboxylic acids is 1. The van der Waals surface area contributed by atoms with Crippen molar-refractivity contribution >= 4 is 11.9 Å². The van der Waals surface area contributed by atoms with Crippen LogP contribution >= 0.6 is 0 Å². The molecule has 0 aliphatic heterocycles. The molecule has 2 aliphatic rings. The molecule has 96 valence electrons. The van der Waals surface area contributed by atoms with Crippen LogP contribution in [0.1, 0.15) is 45.4 Å². The molecule has 0 aromatic rings. The third-order valence-electron chi connectivity index (χ3n) is 4.19. The van der Waals surface area contributed by atoms with Gasteiger partial charge in [0, 0.05) is 6.04 Å². The van der Waals surface area contributed by atoms with Crippen molar-refractivity contribution < 1.29 is 14.7 Å². The highest BCUT2D eigenvalue weighted by Crippen LogP contribution is 2.35. The van der Waals surface area contributed by atoms with Gasteiger partial charge in [-0.3, -0.25) is 9.59 Å². The number of carboxylic acid groups (broad SMARTS) is 1. The van der Waals surface area contributed by atoms with Gasteiger partial charge in [0.15, 0.2) is 0 Å². The average molecular weight is 239 g/mol. The van der Waals surface area contributed by atoms with Gasteiger partial charge in [-0.2, -0.15) is 0 Å². The smallest absolute Gasteiger partial charge is 0.307 e. The Morgan fingerprint density at radius 3 is 2.41 bits per heavy atom. The van der Waals surface area contributed by atoms with E-state index in [0.29, 0.717) is 18.4 Å². The van der Waals surface area contributed by atoms with Crippen molar-refractivity contribution in [3.63, 3.8) is 0 Å². The summed E-state index contributed by atoms with van der Waals surface area (Å²) in [7, 11) is 0. The normalized spacial score (nSPS) is 36.3. The summed E-state index contributed by atoms with van der Waals surface area (Å²) in [4.78, 5) is 23.2. The first kappa shape index (κ1) is 12.4. The van der Waals surface area contributed by atoms with E-state index in [2.05, 4.69) is 12.2 Å². The van der Waals surface area contributed by atoms with Crippen molar-refractivity contribution in [3.05, 3.63) is 0 Å². The molecule has 4 atom stereocenters. The Hall–Kier alpha value is -1.06. The minimum atomic E-state index is -0.812. The summed E-state index contributed by atoms with van der Waals surface area (Å²) in [6.45, 7) is 2.12. The van der Waals surface area contributed by atoms with Gasteiger partial charge in [0.2, 0.25) is 5.91 Å². The molecule has 2 aliphatic carbocycles. The molecule has 4 nitrogen and oxygen atoms in total. The molecule has 0 aromatic heterocycles. The molecular formula is C13H21NO3. The van der Waals surface area contributed by atoms with Crippen molar-refractivity contribution in [1.82, 2.24) is 5.32 Å². The summed E-state index contributed by atoms with van der Waals surface area (Å²) in [5.41, 5.74) is 0. The zero-order valence-electron chi connectivity index (χ0n) is 10.3. The predicted octanol–water partition coefficient (Wildman–Crippen LogP) is 1.79. The maximum atomic E-state index is 12.1. The fourth-order valence-electron chi connectivity index (χ4n) is 2.91. The van der Waals surface area contributed by atoms with Crippen molar-refractivity contribution in [2.24, 2.45) is 17.8 Å². The average Bonchev–Trinajstić information content (AvgIpc) is 3.07. The number of rotatable bonds is 4. The van der Waals surface area contributed by atoms with Crippen LogP contribution in [0.4, 0.5) is 0 Å². The topological polar surface area (TPSA) is 66.4 Å². The molecule has 2 N–H and O–H groups in total. The zero-order valence-corrected chi connectivity index (χ0v) is 10.3. The molecule has 17 heavy (non-hydrogen) atoms. The Morgan fingerprint density at radius 2 is 1.88 bits per heavy atom. The molecule has 1 amide bonds. The van der Waals surface area contributed by atoms with E-state index >= 15 is 0 Å². The van der Waals surface area contributed by atoms with E-state index in [0.717, 1.165) is 32.1 Å². The number of carboxylic acids is 1. The molecular weight excluding hydrogens is 218 g/mol. The summed E-state index contributed by atoms with van der Waals surface area (Å²) in [5.74, 6) is -1.00. The van der Waals surface area contributed by atoms with E-state index in [9.17, 15) is 9.59 Å². The lowest BCUT2D eigenvalue weighted by atomic mass is 9.78. The first-order valence-corrected chi connectivity index (χ1v) is 6.66. The number of aliphatic carboxylic acids is 1. The number of hydrogen-bond donors (Lipinski definition) is 2. The van der Waals surface area contributed by atoms with E-state index in [1.807, 2.05) is 0 Å². The van der Waals surface area contributed by atoms with E-state index < -0.39 is 11.9 Å². The molecule has 0 radical (unpaired) electrons. The minimum absolute atomic E-state index is 0.0296. The summed E-state index contributed by atoms with van der Waals surface area (Å²) in [6, 6.07) is 0.309. The summed E-state index contributed by atoms with van der Waals surface area (Å²) < 4.78 is 0. The molecule has 0 saturated heterocycles. The second-order valence-electron chi connectivity index (χ2n) is 5.35. The van der Waals surface area contributed by atoms with Gasteiger partial charge in [-0.15, -0.1) is 0 Å². The number of carbonyl (C=O) groups is 2. The molecule has 0 aromatic carbocycles. The summed E-state index contributed by atoms with van der Waals surface area (Å²) in [5, 5.41) is 12.1. The van der Waals surface area contributed by atoms with Gasteiger partial charge in [0.05, 0.1) is 11.8 Å². The summed E-state index contributed by atoms with van der Waals surface area (Å²) >= 11 is 0. The van der Waals surface area contributed by atoms with Gasteiger partial charge >= 0.3 is 5.97 Å². The third kappa shape index (κ3) is 2.79. The SMILES string of the molecule is CCC1CC1NC(=O)C1CCCCC1C(=O)O. The molecule has 2 rings (SSSR count). The second-order valence-corrected chi connectivity index (χ2v) is 5.35. The van der Waals surface area contributed by atoms with Crippen molar-refractivity contribution in [2.45, 2.75) is 51.5 Å². The third-order valence-corrected chi connectivity index (χ3v) is 4.19. The lowest BCUT2D eigenvalue weighted by Gasteiger charge is -2.27. The Balaban J connectivity index is 1.90. The largest absolute Gasteiger partial charge is 0.481 e. The van der Waals surface area contributed by atoms with E-state index in [-0.39, 0.29) is 11.8 Å². The van der Waals surface area contributed by atoms with Crippen molar-refractivity contribution in [2.75, 3.05) is 0 Å². The molecule has 0 heterocycles. The van der Waals surface area contributed by atoms with Crippen molar-refractivity contribution in [1.29, 1.82) is 0 Å². The van der Waals surface area contributed by atoms with Gasteiger partial charge in [-0.1, -0.05) is 26.2 Å². The van der Waals surface area contributed by atoms with Crippen LogP contribution in [0.2, 0.25) is 0 Å². The van der Waals surface area contributed by atoms with E-state index in [4.69, 9.17) is 5.11 Å². The first-order valence-electron chi connectivity index (χ1n) is 6.66. The quantitative estimate of drug-likeness (QED) is 0.786. The second kappa shape index (κ2) is 5.07. The van der Waals surface area contributed by atoms with Gasteiger partial charge in [-0.25, -0.2) is 0 Å². The van der Waals surface area contributed by atoms with Crippen LogP contribution in [0.5, 0.6) is 0 Å². The van der Waals surface area contributed by atoms with Gasteiger partial charge < -0.3 is 10.4 Å². The van der Waals surface area contributed by atoms with Crippen LogP contribution < -0.4 is 5.32 Å². The van der Waals surface area contributed by atoms with Crippen LogP contribution in [0, 0.1) is 17.8 Å². The zero-order chi connectivity index (χ0) is 12.4. The Morgan fingerprint density at radius 1 is 1.24 bits per heavy atom. The van der Waals surface area contributed by atoms with Crippen molar-refractivity contribution in [3.8, 4) is 0 Å². The molecule has 2 fully saturated rings. The fourth-order valence-corrected chi connectivity index (χ4v) is 2.91. The standard InChI is InChI=1S/C13H21NO3/c1-2-8-7-11(8)14-12(15)9-5-3-4-6-10(9)13(16)17/h8-11H,2-7H2,1H3,(H,14,15)(H,16,17). The fraction of sp³-hybridized carbons (Fsp3) is 0.846. The van der Waals surface area contributed by atoms with Gasteiger partial charge in [0.1, 0.15) is 0 Å². The van der Waals surface area contributed by atoms with E-state index in [1.54, 1.807) is 0 Å². The highest BCUT2D eigenvalue weighted by atomic mass is 16.4. The number of nitrogens with one attached hydrogen (secondary N) is 1. The maximum absolute atomic E-state index is 12.1. The monoisotopic (exact) mass is 239 g/mol. The molecule has 0 bridgehead atoms. The highest BCUT2D eigenvalue weighted by molar-refractivity contribution is 5.85. The van der Waals surface area contributed by atoms with Crippen LogP contribution in [-0.4, -0.2) is 23.0 Å². The van der Waals surface area contributed by atoms with Crippen LogP contribution in [-0.2, 0) is 9.59 Å². The van der Waals surface area contributed by atoms with Gasteiger partial charge in [0.25, 0.3) is 0 Å². The van der Waals surface area contributed by atoms with Crippen LogP contribution in [0.15, 0.2) is 0 Å². The lowest BCUT2D eigenvalue weighted by Crippen LogP contribution is -2.41. The molecule has 0 spiro atoms. The molecule has 4 unspecified atom stereocenters. The summed E-state index contributed by atoms with van der Waals surface area (Å²) in [6.07, 6.45) is 5.44. The first-order chi connectivity index (χ1) is 8.13. The lowest BCUT2D eigenvalue weighted by molar-refractivity contribution is -0.149. The minimum Gasteiger partial charge on any atom is -0.481 e. The Kier molecular flexibility index (Phi) is 3.69. The maximum Gasteiger partial charge on any atom is 0.307 e. The highest BCUT2D eigenvalue weighted by Gasteiger charge is 2.41. The van der Waals surface area contributed by atoms with Crippen LogP contribution in [0.25, 0.3) is 0 Å². The Bertz CT molecular complexity index is 316. The molecule has 4 heteroatoms. The Labute approximate surface area is 102 Å². The number of amides is 1.